The average molecular weight is 213 g/mol. The van der Waals surface area contributed by atoms with Gasteiger partial charge in [-0.3, -0.25) is 0 Å². The highest BCUT2D eigenvalue weighted by Gasteiger charge is 2.34. The molecule has 0 radical (unpaired) electrons. The Kier molecular flexibility index (Phi) is 2.95. The predicted molar refractivity (Wildman–Crippen MR) is 48.3 cm³/mol. The first-order valence-corrected chi connectivity index (χ1v) is 3.85. The summed E-state index contributed by atoms with van der Waals surface area (Å²) in [5.74, 6) is -0.212. The molecule has 2 N–H and O–H groups in total. The van der Waals surface area contributed by atoms with E-state index >= 15 is 0 Å². The number of hydrogen-bond donors (Lipinski definition) is 1. The quantitative estimate of drug-likeness (QED) is 0.727. The molecule has 1 aromatic rings. The lowest BCUT2D eigenvalue weighted by atomic mass is 10.1. The normalized spacial score (nSPS) is 11.6. The summed E-state index contributed by atoms with van der Waals surface area (Å²) in [5.41, 5.74) is 3.88. The zero-order valence-electron chi connectivity index (χ0n) is 7.42. The Bertz CT molecular complexity index is 429. The molecule has 3 nitrogen and oxygen atoms in total. The van der Waals surface area contributed by atoms with Crippen molar-refractivity contribution < 1.29 is 13.2 Å². The van der Waals surface area contributed by atoms with E-state index in [1.54, 1.807) is 6.07 Å². The van der Waals surface area contributed by atoms with Gasteiger partial charge in [0.2, 0.25) is 0 Å². The third kappa shape index (κ3) is 2.71. The van der Waals surface area contributed by atoms with Crippen LogP contribution in [0.1, 0.15) is 11.3 Å². The molecule has 78 valence electrons. The first kappa shape index (κ1) is 11.0. The van der Waals surface area contributed by atoms with Crippen LogP contribution in [0.4, 0.5) is 19.0 Å². The molecule has 6 heteroatoms. The summed E-state index contributed by atoms with van der Waals surface area (Å²) in [7, 11) is 0. The van der Waals surface area contributed by atoms with Crippen molar-refractivity contribution in [3.05, 3.63) is 29.5 Å². The van der Waals surface area contributed by atoms with Gasteiger partial charge in [0.1, 0.15) is 5.82 Å². The third-order valence-corrected chi connectivity index (χ3v) is 1.55. The molecule has 0 spiro atoms. The molecule has 15 heavy (non-hydrogen) atoms. The minimum atomic E-state index is -4.58. The van der Waals surface area contributed by atoms with E-state index in [1.165, 1.54) is 12.1 Å². The predicted octanol–water partition coefficient (Wildman–Crippen LogP) is 2.22. The maximum absolute atomic E-state index is 12.4. The highest BCUT2D eigenvalue weighted by molar-refractivity contribution is 5.56. The van der Waals surface area contributed by atoms with Crippen LogP contribution in [-0.2, 0) is 6.18 Å². The number of anilines is 1. The number of alkyl halides is 3. The van der Waals surface area contributed by atoms with E-state index in [0.717, 1.165) is 12.2 Å². The molecule has 1 aromatic heterocycles. The van der Waals surface area contributed by atoms with Crippen molar-refractivity contribution in [2.45, 2.75) is 6.18 Å². The summed E-state index contributed by atoms with van der Waals surface area (Å²) >= 11 is 0. The second-order valence-electron chi connectivity index (χ2n) is 2.63. The zero-order valence-corrected chi connectivity index (χ0v) is 7.42. The monoisotopic (exact) mass is 213 g/mol. The van der Waals surface area contributed by atoms with Crippen LogP contribution in [0, 0.1) is 11.3 Å². The lowest BCUT2D eigenvalue weighted by Crippen LogP contribution is -2.11. The fourth-order valence-corrected chi connectivity index (χ4v) is 0.974. The summed E-state index contributed by atoms with van der Waals surface area (Å²) in [6.07, 6.45) is -2.60. The maximum atomic E-state index is 12.4. The summed E-state index contributed by atoms with van der Waals surface area (Å²) in [5, 5.41) is 8.21. The standard InChI is InChI=1S/C9H6F3N3/c10-9(11,12)8-6(2-1-5-13)3-4-7(14)15-8/h1-4H,(H2,14,15). The van der Waals surface area contributed by atoms with E-state index in [2.05, 4.69) is 4.98 Å². The van der Waals surface area contributed by atoms with Crippen molar-refractivity contribution in [1.82, 2.24) is 4.98 Å². The van der Waals surface area contributed by atoms with Gasteiger partial charge in [0, 0.05) is 11.6 Å². The van der Waals surface area contributed by atoms with Crippen molar-refractivity contribution in [3.8, 4) is 6.07 Å². The van der Waals surface area contributed by atoms with Crippen LogP contribution >= 0.6 is 0 Å². The largest absolute Gasteiger partial charge is 0.434 e. The van der Waals surface area contributed by atoms with E-state index in [1.807, 2.05) is 0 Å². The van der Waals surface area contributed by atoms with Crippen LogP contribution in [0.25, 0.3) is 6.08 Å². The molecule has 0 aromatic carbocycles. The number of rotatable bonds is 1. The minimum absolute atomic E-state index is 0.182. The molecule has 0 fully saturated rings. The van der Waals surface area contributed by atoms with Gasteiger partial charge >= 0.3 is 6.18 Å². The van der Waals surface area contributed by atoms with Crippen LogP contribution in [0.15, 0.2) is 18.2 Å². The number of pyridine rings is 1. The minimum Gasteiger partial charge on any atom is -0.384 e. The number of allylic oxidation sites excluding steroid dienone is 1. The topological polar surface area (TPSA) is 62.7 Å². The Morgan fingerprint density at radius 2 is 2.07 bits per heavy atom. The zero-order chi connectivity index (χ0) is 11.5. The molecular formula is C9H6F3N3. The van der Waals surface area contributed by atoms with Crippen molar-refractivity contribution >= 4 is 11.9 Å². The van der Waals surface area contributed by atoms with E-state index in [-0.39, 0.29) is 11.4 Å². The summed E-state index contributed by atoms with van der Waals surface area (Å²) in [6, 6.07) is 4.01. The van der Waals surface area contributed by atoms with Gasteiger partial charge in [0.05, 0.1) is 6.07 Å². The molecule has 0 saturated heterocycles. The number of nitrogens with zero attached hydrogens (tertiary/aromatic N) is 2. The van der Waals surface area contributed by atoms with Gasteiger partial charge in [0.15, 0.2) is 5.69 Å². The molecule has 0 bridgehead atoms. The molecule has 0 unspecified atom stereocenters. The van der Waals surface area contributed by atoms with Crippen LogP contribution in [0.2, 0.25) is 0 Å². The number of nitriles is 1. The molecular weight excluding hydrogens is 207 g/mol. The first-order valence-electron chi connectivity index (χ1n) is 3.85. The summed E-state index contributed by atoms with van der Waals surface area (Å²) in [6.45, 7) is 0. The van der Waals surface area contributed by atoms with E-state index in [4.69, 9.17) is 11.0 Å². The van der Waals surface area contributed by atoms with E-state index in [0.29, 0.717) is 0 Å². The maximum Gasteiger partial charge on any atom is 0.434 e. The Hall–Kier alpha value is -2.03. The van der Waals surface area contributed by atoms with Crippen LogP contribution in [0.5, 0.6) is 0 Å². The van der Waals surface area contributed by atoms with Gasteiger partial charge < -0.3 is 5.73 Å². The van der Waals surface area contributed by atoms with Crippen molar-refractivity contribution in [1.29, 1.82) is 5.26 Å². The fourth-order valence-electron chi connectivity index (χ4n) is 0.974. The number of nitrogens with two attached hydrogens (primary N) is 1. The number of hydrogen-bond acceptors (Lipinski definition) is 3. The molecule has 0 aliphatic rings. The Morgan fingerprint density at radius 3 is 2.60 bits per heavy atom. The molecule has 0 aliphatic carbocycles. The first-order chi connectivity index (χ1) is 6.95. The highest BCUT2D eigenvalue weighted by Crippen LogP contribution is 2.31. The number of aromatic nitrogens is 1. The van der Waals surface area contributed by atoms with Crippen molar-refractivity contribution in [3.63, 3.8) is 0 Å². The second kappa shape index (κ2) is 4.00. The molecule has 0 saturated carbocycles. The van der Waals surface area contributed by atoms with Gasteiger partial charge in [0.25, 0.3) is 0 Å². The Morgan fingerprint density at radius 1 is 1.40 bits per heavy atom. The van der Waals surface area contributed by atoms with E-state index < -0.39 is 11.9 Å². The second-order valence-corrected chi connectivity index (χ2v) is 2.63. The van der Waals surface area contributed by atoms with Gasteiger partial charge in [-0.05, 0) is 18.2 Å². The molecule has 0 atom stereocenters. The van der Waals surface area contributed by atoms with Gasteiger partial charge in [-0.2, -0.15) is 18.4 Å². The van der Waals surface area contributed by atoms with Crippen LogP contribution < -0.4 is 5.73 Å². The number of nitrogen functional groups attached to an aromatic ring is 1. The molecule has 0 aliphatic heterocycles. The van der Waals surface area contributed by atoms with Crippen molar-refractivity contribution in [2.24, 2.45) is 0 Å². The van der Waals surface area contributed by atoms with E-state index in [9.17, 15) is 13.2 Å². The van der Waals surface area contributed by atoms with Gasteiger partial charge in [-0.1, -0.05) is 0 Å². The molecule has 0 amide bonds. The SMILES string of the molecule is N#CC=Cc1ccc(N)nc1C(F)(F)F. The average Bonchev–Trinajstić information content (AvgIpc) is 2.14. The summed E-state index contributed by atoms with van der Waals surface area (Å²) < 4.78 is 37.3. The van der Waals surface area contributed by atoms with Crippen LogP contribution in [-0.4, -0.2) is 4.98 Å². The van der Waals surface area contributed by atoms with Crippen molar-refractivity contribution in [2.75, 3.05) is 5.73 Å². The Balaban J connectivity index is 3.28. The lowest BCUT2D eigenvalue weighted by Gasteiger charge is -2.09. The fraction of sp³-hybridized carbons (Fsp3) is 0.111. The van der Waals surface area contributed by atoms with Gasteiger partial charge in [-0.25, -0.2) is 4.98 Å². The lowest BCUT2D eigenvalue weighted by molar-refractivity contribution is -0.141. The van der Waals surface area contributed by atoms with Crippen LogP contribution in [0.3, 0.4) is 0 Å². The smallest absolute Gasteiger partial charge is 0.384 e. The van der Waals surface area contributed by atoms with Gasteiger partial charge in [-0.15, -0.1) is 0 Å². The third-order valence-electron chi connectivity index (χ3n) is 1.55. The highest BCUT2D eigenvalue weighted by atomic mass is 19.4. The molecule has 1 heterocycles. The Labute approximate surface area is 83.7 Å². The summed E-state index contributed by atoms with van der Waals surface area (Å²) in [4.78, 5) is 3.19. The number of halogens is 3. The molecule has 1 rings (SSSR count).